The number of rotatable bonds is 3. The van der Waals surface area contributed by atoms with Crippen LogP contribution in [0.5, 0.6) is 0 Å². The maximum atomic E-state index is 6.21. The van der Waals surface area contributed by atoms with Crippen LogP contribution >= 0.6 is 23.4 Å². The number of aromatic nitrogens is 2. The fourth-order valence-corrected chi connectivity index (χ4v) is 3.55. The highest BCUT2D eigenvalue weighted by molar-refractivity contribution is 7.99. The quantitative estimate of drug-likeness (QED) is 0.839. The summed E-state index contributed by atoms with van der Waals surface area (Å²) >= 11 is 7.68. The fourth-order valence-electron chi connectivity index (χ4n) is 2.52. The summed E-state index contributed by atoms with van der Waals surface area (Å²) in [5.41, 5.74) is 6.58. The lowest BCUT2D eigenvalue weighted by Gasteiger charge is -2.37. The molecule has 121 valence electrons. The van der Waals surface area contributed by atoms with Crippen LogP contribution in [-0.2, 0) is 0 Å². The highest BCUT2D eigenvalue weighted by Crippen LogP contribution is 2.36. The van der Waals surface area contributed by atoms with Crippen LogP contribution in [0.2, 0.25) is 5.02 Å². The van der Waals surface area contributed by atoms with Crippen molar-refractivity contribution in [2.24, 2.45) is 5.41 Å². The number of benzene rings is 1. The topological polar surface area (TPSA) is 55.0 Å². The van der Waals surface area contributed by atoms with Crippen molar-refractivity contribution in [1.82, 2.24) is 9.97 Å². The molecule has 0 unspecified atom stereocenters. The number of hydrogen-bond acceptors (Lipinski definition) is 5. The average Bonchev–Trinajstić information content (AvgIpc) is 2.53. The van der Waals surface area contributed by atoms with Gasteiger partial charge < -0.3 is 10.6 Å². The Morgan fingerprint density at radius 2 is 2.00 bits per heavy atom. The predicted octanol–water partition coefficient (Wildman–Crippen LogP) is 4.30. The third-order valence-electron chi connectivity index (χ3n) is 4.12. The zero-order valence-corrected chi connectivity index (χ0v) is 14.7. The van der Waals surface area contributed by atoms with E-state index in [0.717, 1.165) is 41.7 Å². The first-order chi connectivity index (χ1) is 10.9. The van der Waals surface area contributed by atoms with E-state index in [-0.39, 0.29) is 5.41 Å². The molecule has 2 N–H and O–H groups in total. The molecule has 1 aliphatic heterocycles. The Kier molecular flexibility index (Phi) is 4.69. The smallest absolute Gasteiger partial charge is 0.147 e. The van der Waals surface area contributed by atoms with E-state index < -0.39 is 0 Å². The Balaban J connectivity index is 1.69. The van der Waals surface area contributed by atoms with Gasteiger partial charge in [-0.1, -0.05) is 36.4 Å². The van der Waals surface area contributed by atoms with E-state index in [0.29, 0.717) is 10.7 Å². The Bertz CT molecular complexity index is 677. The summed E-state index contributed by atoms with van der Waals surface area (Å²) in [7, 11) is 0. The summed E-state index contributed by atoms with van der Waals surface area (Å²) in [5.74, 6) is 0.920. The lowest BCUT2D eigenvalue weighted by molar-refractivity contribution is 0.321. The summed E-state index contributed by atoms with van der Waals surface area (Å²) in [6.07, 6.45) is 5.76. The van der Waals surface area contributed by atoms with Crippen molar-refractivity contribution in [3.05, 3.63) is 42.5 Å². The number of nitrogens with two attached hydrogens (primary N) is 1. The van der Waals surface area contributed by atoms with E-state index in [1.54, 1.807) is 12.3 Å². The van der Waals surface area contributed by atoms with Gasteiger partial charge in [0.25, 0.3) is 0 Å². The highest BCUT2D eigenvalue weighted by atomic mass is 35.5. The van der Waals surface area contributed by atoms with Gasteiger partial charge >= 0.3 is 0 Å². The molecule has 1 saturated heterocycles. The van der Waals surface area contributed by atoms with Crippen molar-refractivity contribution in [3.8, 4) is 0 Å². The molecule has 0 saturated carbocycles. The minimum atomic E-state index is 0.184. The molecule has 1 fully saturated rings. The van der Waals surface area contributed by atoms with Crippen LogP contribution in [0.4, 0.5) is 11.5 Å². The van der Waals surface area contributed by atoms with Crippen molar-refractivity contribution in [2.75, 3.05) is 23.7 Å². The van der Waals surface area contributed by atoms with Gasteiger partial charge in [-0.15, -0.1) is 0 Å². The molecular formula is C17H20ClN4S. The number of hydrogen-bond donors (Lipinski definition) is 1. The minimum Gasteiger partial charge on any atom is -0.397 e. The molecule has 6 heteroatoms. The predicted molar refractivity (Wildman–Crippen MR) is 96.9 cm³/mol. The van der Waals surface area contributed by atoms with Crippen LogP contribution in [0.3, 0.4) is 0 Å². The van der Waals surface area contributed by atoms with Gasteiger partial charge in [-0.25, -0.2) is 9.97 Å². The maximum absolute atomic E-state index is 6.21. The zero-order chi connectivity index (χ0) is 16.4. The molecule has 0 aliphatic carbocycles. The van der Waals surface area contributed by atoms with Gasteiger partial charge in [-0.05, 0) is 37.3 Å². The van der Waals surface area contributed by atoms with Crippen LogP contribution in [0.25, 0.3) is 0 Å². The van der Waals surface area contributed by atoms with Gasteiger partial charge in [0.2, 0.25) is 0 Å². The van der Waals surface area contributed by atoms with E-state index >= 15 is 0 Å². The Hall–Kier alpha value is -1.46. The zero-order valence-electron chi connectivity index (χ0n) is 13.1. The van der Waals surface area contributed by atoms with Gasteiger partial charge in [0.1, 0.15) is 10.8 Å². The van der Waals surface area contributed by atoms with Gasteiger partial charge in [-0.2, -0.15) is 0 Å². The van der Waals surface area contributed by atoms with Crippen molar-refractivity contribution in [1.29, 1.82) is 0 Å². The van der Waals surface area contributed by atoms with Crippen molar-refractivity contribution >= 4 is 34.9 Å². The Morgan fingerprint density at radius 1 is 1.26 bits per heavy atom. The van der Waals surface area contributed by atoms with Gasteiger partial charge in [-0.3, -0.25) is 0 Å². The Labute approximate surface area is 146 Å². The van der Waals surface area contributed by atoms with Gasteiger partial charge in [0.05, 0.1) is 23.1 Å². The molecule has 3 rings (SSSR count). The molecule has 2 aromatic rings. The molecule has 1 radical (unpaired) electrons. The van der Waals surface area contributed by atoms with Crippen molar-refractivity contribution in [3.63, 3.8) is 0 Å². The van der Waals surface area contributed by atoms with Crippen LogP contribution in [0, 0.1) is 12.3 Å². The molecule has 1 aromatic heterocycles. The molecule has 0 atom stereocenters. The number of nitrogen functional groups attached to an aromatic ring is 1. The van der Waals surface area contributed by atoms with Crippen molar-refractivity contribution < 1.29 is 0 Å². The first kappa shape index (κ1) is 16.4. The molecule has 1 aromatic carbocycles. The number of halogens is 1. The first-order valence-corrected chi connectivity index (χ1v) is 8.78. The lowest BCUT2D eigenvalue weighted by atomic mass is 9.83. The highest BCUT2D eigenvalue weighted by Gasteiger charge is 2.26. The fraction of sp³-hybridized carbons (Fsp3) is 0.353. The van der Waals surface area contributed by atoms with E-state index in [1.807, 2.05) is 18.3 Å². The van der Waals surface area contributed by atoms with Crippen LogP contribution in [0.15, 0.2) is 40.5 Å². The molecular weight excluding hydrogens is 328 g/mol. The first-order valence-electron chi connectivity index (χ1n) is 7.59. The van der Waals surface area contributed by atoms with Crippen LogP contribution in [-0.4, -0.2) is 23.1 Å². The van der Waals surface area contributed by atoms with Gasteiger partial charge in [0.15, 0.2) is 0 Å². The summed E-state index contributed by atoms with van der Waals surface area (Å²) in [4.78, 5) is 12.2. The lowest BCUT2D eigenvalue weighted by Crippen LogP contribution is -2.37. The van der Waals surface area contributed by atoms with E-state index in [1.165, 1.54) is 11.8 Å². The molecule has 2 heterocycles. The second-order valence-corrected chi connectivity index (χ2v) is 7.71. The molecule has 0 amide bonds. The molecule has 23 heavy (non-hydrogen) atoms. The summed E-state index contributed by atoms with van der Waals surface area (Å²) in [6.45, 7) is 8.41. The maximum Gasteiger partial charge on any atom is 0.147 e. The number of anilines is 2. The van der Waals surface area contributed by atoms with E-state index in [2.05, 4.69) is 28.7 Å². The SMILES string of the molecule is [CH2]C1(C)CCN(c2cnc(Sc3cccc(N)c3Cl)cn2)CC1. The monoisotopic (exact) mass is 347 g/mol. The number of piperidine rings is 1. The minimum absolute atomic E-state index is 0.184. The van der Waals surface area contributed by atoms with E-state index in [9.17, 15) is 0 Å². The normalized spacial score (nSPS) is 17.3. The molecule has 0 bridgehead atoms. The Morgan fingerprint density at radius 3 is 2.65 bits per heavy atom. The largest absolute Gasteiger partial charge is 0.397 e. The second-order valence-electron chi connectivity index (χ2n) is 6.27. The van der Waals surface area contributed by atoms with Crippen molar-refractivity contribution in [2.45, 2.75) is 29.7 Å². The second kappa shape index (κ2) is 6.57. The molecule has 0 spiro atoms. The summed E-state index contributed by atoms with van der Waals surface area (Å²) < 4.78 is 0. The standard InChI is InChI=1S/C17H20ClN4S/c1-17(2)6-8-22(9-7-17)14-10-21-15(11-20-14)23-13-5-3-4-12(19)16(13)18/h3-5,10-11H,1,6-9,19H2,2H3. The van der Waals surface area contributed by atoms with Crippen LogP contribution < -0.4 is 10.6 Å². The average molecular weight is 348 g/mol. The summed E-state index contributed by atoms with van der Waals surface area (Å²) in [6, 6.07) is 5.60. The van der Waals surface area contributed by atoms with E-state index in [4.69, 9.17) is 17.3 Å². The molecule has 4 nitrogen and oxygen atoms in total. The number of nitrogens with zero attached hydrogens (tertiary/aromatic N) is 3. The third-order valence-corrected chi connectivity index (χ3v) is 5.63. The van der Waals surface area contributed by atoms with Crippen LogP contribution in [0.1, 0.15) is 19.8 Å². The third kappa shape index (κ3) is 3.90. The van der Waals surface area contributed by atoms with Gasteiger partial charge in [0, 0.05) is 18.0 Å². The molecule has 1 aliphatic rings. The summed E-state index contributed by atoms with van der Waals surface area (Å²) in [5, 5.41) is 1.37.